The van der Waals surface area contributed by atoms with Gasteiger partial charge in [-0.3, -0.25) is 0 Å². The normalized spacial score (nSPS) is 34.7. The van der Waals surface area contributed by atoms with Crippen LogP contribution in [-0.4, -0.2) is 105 Å². The summed E-state index contributed by atoms with van der Waals surface area (Å²) in [6.07, 6.45) is 30.8. The lowest BCUT2D eigenvalue weighted by molar-refractivity contribution is -0.00497. The predicted molar refractivity (Wildman–Crippen MR) is 358 cm³/mol. The summed E-state index contributed by atoms with van der Waals surface area (Å²) in [6, 6.07) is 18.1. The summed E-state index contributed by atoms with van der Waals surface area (Å²) in [4.78, 5) is 9.14. The number of nitrogens with one attached hydrogen (secondary N) is 4. The molecule has 0 radical (unpaired) electrons. The Hall–Kier alpha value is -4.39. The van der Waals surface area contributed by atoms with E-state index in [1.165, 1.54) is 74.6 Å². The molecule has 7 bridgehead atoms. The van der Waals surface area contributed by atoms with Crippen LogP contribution in [0.1, 0.15) is 192 Å². The minimum atomic E-state index is -0.948. The molecule has 4 aromatic rings. The highest BCUT2D eigenvalue weighted by molar-refractivity contribution is 8.76. The molecule has 4 heterocycles. The Bertz CT molecular complexity index is 3160. The molecule has 11 aliphatic rings. The topological polar surface area (TPSA) is 240 Å². The lowest BCUT2D eigenvalue weighted by Crippen LogP contribution is -2.55. The van der Waals surface area contributed by atoms with E-state index in [4.69, 9.17) is 25.6 Å². The van der Waals surface area contributed by atoms with Crippen LogP contribution < -0.4 is 32.2 Å². The van der Waals surface area contributed by atoms with E-state index < -0.39 is 12.2 Å². The number of nitrogens with zero attached hydrogens (tertiary/aromatic N) is 1. The second-order valence-corrected chi connectivity index (χ2v) is 32.1. The first-order valence-electron chi connectivity index (χ1n) is 34.6. The van der Waals surface area contributed by atoms with Crippen molar-refractivity contribution >= 4 is 27.5 Å². The SMILES string of the molecule is CNC[C@H](NC[C@H](C)O)[C@H]1c2cc([C@@H](O)COc3cc(CCc4cc(CO)c(CC[C@@H]5CC[C@]67C=C[C@@H]8C[C@H]6[C@H](C5)C[C@@H](N)[C@@H]7CSSC[C@@H](N=C(N)N[C@H]5CCC[C@H](c6ccc(O)cc6)C5)[C@@H]8C)o4)ccc3O)[nH]c2[C@H]2C=C[C@@]13CCC[C@@H]3C21CCCC1. The number of furan rings is 1. The first-order chi connectivity index (χ1) is 43.2. The number of benzene rings is 2. The molecule has 89 heavy (non-hydrogen) atoms. The van der Waals surface area contributed by atoms with Gasteiger partial charge in [-0.1, -0.05) is 96.7 Å². The standard InChI is InChI=1S/C73H103N7O7S2/c1-43(82)37-77-61(38-76-3)68-55-36-60(79-69(55)56-23-29-73(68)26-7-10-67(73)72(56)24-4-5-25-72)64(85)40-86-66-31-45(12-19-63(66)84)11-18-54-33-51(39-81)65(87-54)20-13-46-21-27-71-28-22-48-34-57(71)50(30-46)35-59(74)58(71)41-88-89-42-62(44(48)2)80-70(75)78-52-9-6-8-49(32-52)47-14-16-53(83)17-15-47/h12,14-17,19,22-23,28-29,31,33,36,43-44,46,48-50,52,56-59,61-62,64,67-68,76-77,79,81-85H,4-11,13,18,20-21,24-27,30,32,34-35,37-42,74H2,1-3H3,(H3,75,78,80)/t43-,44+,46+,48+,49-,50+,52-,56+,57-,58-,59+,61-,62+,64-,67+,68+,71-,73+/m0/s1. The summed E-state index contributed by atoms with van der Waals surface area (Å²) in [7, 11) is 5.97. The number of hydrogen-bond acceptors (Lipinski definition) is 13. The van der Waals surface area contributed by atoms with E-state index in [9.17, 15) is 25.5 Å². The quantitative estimate of drug-likeness (QED) is 0.0171. The molecule has 2 aliphatic heterocycles. The van der Waals surface area contributed by atoms with Crippen LogP contribution in [0.5, 0.6) is 17.2 Å². The number of likely N-dealkylation sites (N-methyl/N-ethyl adjacent to an activating group) is 1. The maximum Gasteiger partial charge on any atom is 0.189 e. The number of allylic oxidation sites excluding steroid dienone is 4. The summed E-state index contributed by atoms with van der Waals surface area (Å²) in [5, 5.41) is 65.2. The Morgan fingerprint density at radius 1 is 0.854 bits per heavy atom. The van der Waals surface area contributed by atoms with Gasteiger partial charge in [-0.2, -0.15) is 0 Å². The van der Waals surface area contributed by atoms with Gasteiger partial charge in [0.05, 0.1) is 18.8 Å². The fourth-order valence-corrected chi connectivity index (χ4v) is 23.2. The Balaban J connectivity index is 0.640. The van der Waals surface area contributed by atoms with E-state index in [-0.39, 0.29) is 71.2 Å². The van der Waals surface area contributed by atoms with Gasteiger partial charge >= 0.3 is 0 Å². The van der Waals surface area contributed by atoms with Crippen molar-refractivity contribution in [3.63, 3.8) is 0 Å². The summed E-state index contributed by atoms with van der Waals surface area (Å²) < 4.78 is 13.0. The number of aromatic hydroxyl groups is 2. The van der Waals surface area contributed by atoms with Crippen molar-refractivity contribution in [2.75, 3.05) is 38.2 Å². The maximum absolute atomic E-state index is 12.0. The number of aromatic amines is 1. The summed E-state index contributed by atoms with van der Waals surface area (Å²) >= 11 is 0. The fraction of sp³-hybridized carbons (Fsp3) is 0.658. The third kappa shape index (κ3) is 12.6. The highest BCUT2D eigenvalue weighted by Gasteiger charge is 2.65. The van der Waals surface area contributed by atoms with Crippen LogP contribution in [0.15, 0.2) is 88.3 Å². The number of guanidine groups is 1. The molecular weight excluding hydrogens is 1150 g/mol. The fourth-order valence-electron chi connectivity index (χ4n) is 20.3. The van der Waals surface area contributed by atoms with E-state index in [1.807, 2.05) is 53.8 Å². The van der Waals surface area contributed by atoms with Crippen LogP contribution in [0.2, 0.25) is 0 Å². The second-order valence-electron chi connectivity index (χ2n) is 29.5. The number of aromatic nitrogens is 1. The molecule has 2 aromatic carbocycles. The molecule has 14 nitrogen and oxygen atoms in total. The number of phenolic OH excluding ortho intramolecular Hbond substituents is 2. The number of aryl methyl sites for hydroxylation is 3. The Morgan fingerprint density at radius 3 is 2.48 bits per heavy atom. The van der Waals surface area contributed by atoms with Crippen LogP contribution in [0, 0.1) is 57.7 Å². The number of aliphatic hydroxyl groups excluding tert-OH is 3. The van der Waals surface area contributed by atoms with E-state index in [0.29, 0.717) is 84.2 Å². The van der Waals surface area contributed by atoms with Crippen molar-refractivity contribution in [3.05, 3.63) is 124 Å². The minimum Gasteiger partial charge on any atom is -0.508 e. The molecule has 3 spiro atoms. The van der Waals surface area contributed by atoms with Gasteiger partial charge in [0, 0.05) is 89.8 Å². The molecule has 0 unspecified atom stereocenters. The Labute approximate surface area is 536 Å². The largest absolute Gasteiger partial charge is 0.508 e. The smallest absolute Gasteiger partial charge is 0.189 e. The lowest BCUT2D eigenvalue weighted by Gasteiger charge is -2.56. The predicted octanol–water partition coefficient (Wildman–Crippen LogP) is 12.0. The van der Waals surface area contributed by atoms with Crippen molar-refractivity contribution in [2.24, 2.45) is 74.1 Å². The molecular formula is C73H103N7O7S2. The highest BCUT2D eigenvalue weighted by Crippen LogP contribution is 2.73. The van der Waals surface area contributed by atoms with Crippen molar-refractivity contribution in [1.29, 1.82) is 0 Å². The number of phenols is 2. The molecule has 2 aromatic heterocycles. The highest BCUT2D eigenvalue weighted by atomic mass is 33.1. The van der Waals surface area contributed by atoms with Crippen LogP contribution >= 0.6 is 21.6 Å². The van der Waals surface area contributed by atoms with Crippen molar-refractivity contribution in [3.8, 4) is 17.2 Å². The molecule has 484 valence electrons. The van der Waals surface area contributed by atoms with Gasteiger partial charge in [0.2, 0.25) is 0 Å². The van der Waals surface area contributed by atoms with Gasteiger partial charge in [0.1, 0.15) is 30.0 Å². The third-order valence-corrected chi connectivity index (χ3v) is 27.0. The molecule has 15 rings (SSSR count). The number of hydrogen-bond donors (Lipinski definition) is 11. The molecule has 5 saturated carbocycles. The van der Waals surface area contributed by atoms with Gasteiger partial charge in [-0.05, 0) is 215 Å². The van der Waals surface area contributed by atoms with Gasteiger partial charge in [0.15, 0.2) is 17.5 Å². The molecule has 16 heteroatoms. The van der Waals surface area contributed by atoms with Gasteiger partial charge < -0.3 is 67.1 Å². The summed E-state index contributed by atoms with van der Waals surface area (Å²) in [5.74, 6) is 9.29. The number of H-pyrrole nitrogens is 1. The van der Waals surface area contributed by atoms with Crippen molar-refractivity contribution in [2.45, 2.75) is 203 Å². The number of ether oxygens (including phenoxy) is 1. The van der Waals surface area contributed by atoms with Crippen molar-refractivity contribution in [1.82, 2.24) is 20.9 Å². The molecule has 1 saturated heterocycles. The van der Waals surface area contributed by atoms with E-state index in [2.05, 4.69) is 70.4 Å². The minimum absolute atomic E-state index is 0.00166. The van der Waals surface area contributed by atoms with Crippen LogP contribution in [0.4, 0.5) is 0 Å². The van der Waals surface area contributed by atoms with Gasteiger partial charge in [-0.15, -0.1) is 0 Å². The zero-order chi connectivity index (χ0) is 61.6. The Morgan fingerprint density at radius 2 is 1.67 bits per heavy atom. The monoisotopic (exact) mass is 1250 g/mol. The average molecular weight is 1250 g/mol. The Kier molecular flexibility index (Phi) is 19.2. The zero-order valence-electron chi connectivity index (χ0n) is 53.1. The van der Waals surface area contributed by atoms with E-state index >= 15 is 0 Å². The van der Waals surface area contributed by atoms with Crippen LogP contribution in [0.25, 0.3) is 0 Å². The molecule has 0 amide bonds. The average Bonchev–Trinajstić information content (AvgIpc) is 1.30. The van der Waals surface area contributed by atoms with Crippen LogP contribution in [-0.2, 0) is 25.9 Å². The van der Waals surface area contributed by atoms with Crippen molar-refractivity contribution < 1.29 is 34.7 Å². The number of fused-ring (bicyclic) bond motifs is 5. The summed E-state index contributed by atoms with van der Waals surface area (Å²) in [6.45, 7) is 5.45. The molecule has 13 N–H and O–H groups in total. The first kappa shape index (κ1) is 63.4. The van der Waals surface area contributed by atoms with E-state index in [0.717, 1.165) is 104 Å². The molecule has 6 fully saturated rings. The third-order valence-electron chi connectivity index (χ3n) is 24.6. The van der Waals surface area contributed by atoms with Gasteiger partial charge in [-0.25, -0.2) is 4.99 Å². The maximum atomic E-state index is 12.0. The zero-order valence-corrected chi connectivity index (χ0v) is 54.7. The van der Waals surface area contributed by atoms with Gasteiger partial charge in [0.25, 0.3) is 0 Å². The first-order valence-corrected chi connectivity index (χ1v) is 37.1. The number of nitrogens with two attached hydrogens (primary N) is 2. The van der Waals surface area contributed by atoms with Crippen LogP contribution in [0.3, 0.4) is 0 Å². The second kappa shape index (κ2) is 26.9. The number of aliphatic hydroxyl groups is 3. The number of rotatable bonds is 20. The molecule has 18 atom stereocenters. The summed E-state index contributed by atoms with van der Waals surface area (Å²) in [5.41, 5.74) is 20.9. The molecule has 9 aliphatic carbocycles. The lowest BCUT2D eigenvalue weighted by atomic mass is 9.50. The van der Waals surface area contributed by atoms with E-state index in [1.54, 1.807) is 18.2 Å². The number of aliphatic imine (C=N–C) groups is 1.